The van der Waals surface area contributed by atoms with Crippen LogP contribution in [-0.4, -0.2) is 29.0 Å². The van der Waals surface area contributed by atoms with Gasteiger partial charge in [0, 0.05) is 5.56 Å². The maximum atomic E-state index is 12.2. The van der Waals surface area contributed by atoms with Crippen molar-refractivity contribution in [1.29, 1.82) is 0 Å². The van der Waals surface area contributed by atoms with Crippen molar-refractivity contribution in [3.05, 3.63) is 77.4 Å². The monoisotopic (exact) mass is 383 g/mol. The Morgan fingerprint density at radius 2 is 1.76 bits per heavy atom. The maximum absolute atomic E-state index is 12.2. The van der Waals surface area contributed by atoms with E-state index in [0.717, 1.165) is 38.9 Å². The van der Waals surface area contributed by atoms with Gasteiger partial charge in [0.2, 0.25) is 5.91 Å². The second kappa shape index (κ2) is 6.31. The molecule has 0 saturated carbocycles. The SMILES string of the molecule is COC(=O)c1ccc2nc(-c3cccc4c3-c3ccccc3[C@H]4C(N)=O)[nH]c2c1. The minimum Gasteiger partial charge on any atom is -0.465 e. The highest BCUT2D eigenvalue weighted by Gasteiger charge is 2.34. The van der Waals surface area contributed by atoms with Crippen LogP contribution in [0.1, 0.15) is 27.4 Å². The highest BCUT2D eigenvalue weighted by molar-refractivity contribution is 6.00. The first kappa shape index (κ1) is 17.2. The van der Waals surface area contributed by atoms with Crippen molar-refractivity contribution < 1.29 is 14.3 Å². The Labute approximate surface area is 166 Å². The van der Waals surface area contributed by atoms with Gasteiger partial charge < -0.3 is 15.5 Å². The van der Waals surface area contributed by atoms with Gasteiger partial charge in [-0.05, 0) is 40.5 Å². The molecule has 0 bridgehead atoms. The summed E-state index contributed by atoms with van der Waals surface area (Å²) in [5, 5.41) is 0. The summed E-state index contributed by atoms with van der Waals surface area (Å²) in [6.07, 6.45) is 0. The summed E-state index contributed by atoms with van der Waals surface area (Å²) >= 11 is 0. The molecule has 142 valence electrons. The van der Waals surface area contributed by atoms with Crippen LogP contribution in [0.5, 0.6) is 0 Å². The normalized spacial score (nSPS) is 14.4. The Morgan fingerprint density at radius 3 is 2.55 bits per heavy atom. The van der Waals surface area contributed by atoms with Crippen molar-refractivity contribution >= 4 is 22.9 Å². The summed E-state index contributed by atoms with van der Waals surface area (Å²) in [5.41, 5.74) is 12.3. The molecular formula is C23H17N3O3. The summed E-state index contributed by atoms with van der Waals surface area (Å²) in [7, 11) is 1.35. The number of aromatic nitrogens is 2. The molecule has 3 aromatic carbocycles. The molecule has 0 saturated heterocycles. The molecule has 1 atom stereocenters. The molecule has 1 amide bonds. The lowest BCUT2D eigenvalue weighted by Crippen LogP contribution is -2.20. The molecule has 0 radical (unpaired) electrons. The van der Waals surface area contributed by atoms with E-state index in [4.69, 9.17) is 15.5 Å². The van der Waals surface area contributed by atoms with E-state index in [1.807, 2.05) is 42.5 Å². The lowest BCUT2D eigenvalue weighted by atomic mass is 9.95. The molecule has 1 aliphatic carbocycles. The molecular weight excluding hydrogens is 366 g/mol. The number of benzene rings is 3. The third-order valence-corrected chi connectivity index (χ3v) is 5.39. The minimum absolute atomic E-state index is 0.374. The molecule has 0 spiro atoms. The van der Waals surface area contributed by atoms with Crippen molar-refractivity contribution in [1.82, 2.24) is 9.97 Å². The second-order valence-corrected chi connectivity index (χ2v) is 7.00. The molecule has 0 unspecified atom stereocenters. The van der Waals surface area contributed by atoms with Crippen LogP contribution >= 0.6 is 0 Å². The van der Waals surface area contributed by atoms with Gasteiger partial charge in [0.25, 0.3) is 0 Å². The number of methoxy groups -OCH3 is 1. The highest BCUT2D eigenvalue weighted by atomic mass is 16.5. The molecule has 29 heavy (non-hydrogen) atoms. The smallest absolute Gasteiger partial charge is 0.337 e. The zero-order valence-corrected chi connectivity index (χ0v) is 15.6. The predicted octanol–water partition coefficient (Wildman–Crippen LogP) is 3.61. The fourth-order valence-electron chi connectivity index (χ4n) is 4.14. The van der Waals surface area contributed by atoms with Crippen LogP contribution in [0, 0.1) is 0 Å². The number of carbonyl (C=O) groups is 2. The molecule has 0 fully saturated rings. The molecule has 1 aromatic heterocycles. The van der Waals surface area contributed by atoms with E-state index in [-0.39, 0.29) is 5.91 Å². The average molecular weight is 383 g/mol. The average Bonchev–Trinajstić information content (AvgIpc) is 3.31. The van der Waals surface area contributed by atoms with Crippen molar-refractivity contribution in [2.75, 3.05) is 7.11 Å². The van der Waals surface area contributed by atoms with Gasteiger partial charge in [-0.2, -0.15) is 0 Å². The van der Waals surface area contributed by atoms with Gasteiger partial charge in [-0.3, -0.25) is 4.79 Å². The Hall–Kier alpha value is -3.93. The van der Waals surface area contributed by atoms with Gasteiger partial charge in [-0.25, -0.2) is 9.78 Å². The van der Waals surface area contributed by atoms with Gasteiger partial charge in [0.1, 0.15) is 5.82 Å². The Kier molecular flexibility index (Phi) is 3.74. The number of amides is 1. The van der Waals surface area contributed by atoms with E-state index in [0.29, 0.717) is 11.4 Å². The van der Waals surface area contributed by atoms with E-state index in [1.165, 1.54) is 7.11 Å². The molecule has 6 heteroatoms. The summed E-state index contributed by atoms with van der Waals surface area (Å²) in [6.45, 7) is 0. The predicted molar refractivity (Wildman–Crippen MR) is 109 cm³/mol. The molecule has 6 nitrogen and oxygen atoms in total. The number of primary amides is 1. The fraction of sp³-hybridized carbons (Fsp3) is 0.0870. The number of nitrogens with one attached hydrogen (secondary N) is 1. The van der Waals surface area contributed by atoms with Crippen LogP contribution in [0.25, 0.3) is 33.5 Å². The van der Waals surface area contributed by atoms with Crippen LogP contribution in [0.4, 0.5) is 0 Å². The zero-order valence-electron chi connectivity index (χ0n) is 15.6. The standard InChI is InChI=1S/C23H17N3O3/c1-29-23(28)12-9-10-17-18(11-12)26-22(25-17)16-8-4-7-15-19(16)13-5-2-3-6-14(13)20(15)21(24)27/h2-11,20H,1H3,(H2,24,27)(H,25,26)/t20-/m1/s1. The van der Waals surface area contributed by atoms with Crippen LogP contribution in [0.2, 0.25) is 0 Å². The topological polar surface area (TPSA) is 98.1 Å². The minimum atomic E-state index is -0.476. The van der Waals surface area contributed by atoms with Gasteiger partial charge in [0.05, 0.1) is 29.6 Å². The van der Waals surface area contributed by atoms with Gasteiger partial charge in [0.15, 0.2) is 0 Å². The molecule has 5 rings (SSSR count). The molecule has 1 aliphatic rings. The first-order valence-corrected chi connectivity index (χ1v) is 9.18. The second-order valence-electron chi connectivity index (χ2n) is 7.00. The van der Waals surface area contributed by atoms with Crippen molar-refractivity contribution in [2.45, 2.75) is 5.92 Å². The van der Waals surface area contributed by atoms with Gasteiger partial charge in [-0.15, -0.1) is 0 Å². The summed E-state index contributed by atoms with van der Waals surface area (Å²) < 4.78 is 4.79. The van der Waals surface area contributed by atoms with Gasteiger partial charge in [-0.1, -0.05) is 42.5 Å². The summed E-state index contributed by atoms with van der Waals surface area (Å²) in [6, 6.07) is 18.8. The maximum Gasteiger partial charge on any atom is 0.337 e. The van der Waals surface area contributed by atoms with E-state index in [2.05, 4.69) is 4.98 Å². The number of imidazole rings is 1. The number of ether oxygens (including phenoxy) is 1. The Balaban J connectivity index is 1.72. The molecule has 3 N–H and O–H groups in total. The fourth-order valence-corrected chi connectivity index (χ4v) is 4.14. The summed E-state index contributed by atoms with van der Waals surface area (Å²) in [5.74, 6) is -0.585. The van der Waals surface area contributed by atoms with Crippen molar-refractivity contribution in [2.24, 2.45) is 5.73 Å². The number of nitrogens with two attached hydrogens (primary N) is 1. The lowest BCUT2D eigenvalue weighted by molar-refractivity contribution is -0.118. The van der Waals surface area contributed by atoms with Crippen LogP contribution in [0.15, 0.2) is 60.7 Å². The third kappa shape index (κ3) is 2.53. The summed E-state index contributed by atoms with van der Waals surface area (Å²) in [4.78, 5) is 32.0. The number of rotatable bonds is 3. The van der Waals surface area contributed by atoms with E-state index in [1.54, 1.807) is 18.2 Å². The van der Waals surface area contributed by atoms with Crippen molar-refractivity contribution in [3.63, 3.8) is 0 Å². The van der Waals surface area contributed by atoms with Crippen LogP contribution < -0.4 is 5.73 Å². The molecule has 4 aromatic rings. The first-order chi connectivity index (χ1) is 14.1. The highest BCUT2D eigenvalue weighted by Crippen LogP contribution is 2.48. The first-order valence-electron chi connectivity index (χ1n) is 9.18. The zero-order chi connectivity index (χ0) is 20.1. The quantitative estimate of drug-likeness (QED) is 0.528. The van der Waals surface area contributed by atoms with Gasteiger partial charge >= 0.3 is 5.97 Å². The van der Waals surface area contributed by atoms with Crippen LogP contribution in [0.3, 0.4) is 0 Å². The van der Waals surface area contributed by atoms with Crippen LogP contribution in [-0.2, 0) is 9.53 Å². The third-order valence-electron chi connectivity index (χ3n) is 5.39. The number of nitrogens with zero attached hydrogens (tertiary/aromatic N) is 1. The van der Waals surface area contributed by atoms with E-state index < -0.39 is 11.9 Å². The Bertz CT molecular complexity index is 1310. The molecule has 0 aliphatic heterocycles. The number of esters is 1. The number of fused-ring (bicyclic) bond motifs is 4. The lowest BCUT2D eigenvalue weighted by Gasteiger charge is -2.09. The van der Waals surface area contributed by atoms with Crippen molar-refractivity contribution in [3.8, 4) is 22.5 Å². The van der Waals surface area contributed by atoms with E-state index >= 15 is 0 Å². The number of H-pyrrole nitrogens is 1. The number of hydrogen-bond donors (Lipinski definition) is 2. The number of hydrogen-bond acceptors (Lipinski definition) is 4. The number of carbonyl (C=O) groups excluding carboxylic acids is 2. The molecule has 1 heterocycles. The van der Waals surface area contributed by atoms with E-state index in [9.17, 15) is 9.59 Å². The number of aromatic amines is 1. The largest absolute Gasteiger partial charge is 0.465 e. The Morgan fingerprint density at radius 1 is 1.00 bits per heavy atom.